The zero-order valence-corrected chi connectivity index (χ0v) is 15.0. The second kappa shape index (κ2) is 7.61. The quantitative estimate of drug-likeness (QED) is 0.880. The largest absolute Gasteiger partial charge is 0.376 e. The summed E-state index contributed by atoms with van der Waals surface area (Å²) < 4.78 is 7.81. The zero-order chi connectivity index (χ0) is 17.1. The van der Waals surface area contributed by atoms with E-state index in [1.54, 1.807) is 0 Å². The lowest BCUT2D eigenvalue weighted by Crippen LogP contribution is -2.32. The lowest BCUT2D eigenvalue weighted by atomic mass is 10.1. The molecule has 1 atom stereocenters. The summed E-state index contributed by atoms with van der Waals surface area (Å²) in [6, 6.07) is 0.348. The van der Waals surface area contributed by atoms with Crippen LogP contribution in [0.15, 0.2) is 0 Å². The SMILES string of the molecule is Cc1c(C(=O)N2CC[C@H](OCC(C)C)C2)nnn1C1CCNCC1. The van der Waals surface area contributed by atoms with Gasteiger partial charge < -0.3 is 15.0 Å². The standard InChI is InChI=1S/C17H29N5O2/c1-12(2)11-24-15-6-9-21(10-15)17(23)16-13(3)22(20-19-16)14-4-7-18-8-5-14/h12,14-15,18H,4-11H2,1-3H3/t15-/m0/s1. The fourth-order valence-corrected chi connectivity index (χ4v) is 3.46. The third-order valence-corrected chi connectivity index (χ3v) is 4.88. The van der Waals surface area contributed by atoms with Crippen molar-refractivity contribution in [3.8, 4) is 0 Å². The smallest absolute Gasteiger partial charge is 0.276 e. The van der Waals surface area contributed by atoms with Gasteiger partial charge >= 0.3 is 0 Å². The molecule has 0 radical (unpaired) electrons. The van der Waals surface area contributed by atoms with E-state index in [2.05, 4.69) is 29.5 Å². The summed E-state index contributed by atoms with van der Waals surface area (Å²) in [7, 11) is 0. The van der Waals surface area contributed by atoms with E-state index in [1.165, 1.54) is 0 Å². The van der Waals surface area contributed by atoms with Crippen LogP contribution < -0.4 is 5.32 Å². The molecule has 134 valence electrons. The lowest BCUT2D eigenvalue weighted by Gasteiger charge is -2.23. The summed E-state index contributed by atoms with van der Waals surface area (Å²) >= 11 is 0. The van der Waals surface area contributed by atoms with Crippen molar-refractivity contribution in [2.45, 2.75) is 52.2 Å². The van der Waals surface area contributed by atoms with E-state index < -0.39 is 0 Å². The number of ether oxygens (including phenoxy) is 1. The van der Waals surface area contributed by atoms with Crippen LogP contribution in [0.1, 0.15) is 55.3 Å². The average molecular weight is 335 g/mol. The number of likely N-dealkylation sites (tertiary alicyclic amines) is 1. The third kappa shape index (κ3) is 3.78. The van der Waals surface area contributed by atoms with Crippen LogP contribution in [0.25, 0.3) is 0 Å². The van der Waals surface area contributed by atoms with Gasteiger partial charge in [0.25, 0.3) is 5.91 Å². The predicted octanol–water partition coefficient (Wildman–Crippen LogP) is 1.40. The molecule has 7 nitrogen and oxygen atoms in total. The summed E-state index contributed by atoms with van der Waals surface area (Å²) in [5, 5.41) is 11.8. The number of amides is 1. The molecule has 0 unspecified atom stereocenters. The van der Waals surface area contributed by atoms with E-state index in [9.17, 15) is 4.79 Å². The summed E-state index contributed by atoms with van der Waals surface area (Å²) in [5.41, 5.74) is 1.39. The molecule has 3 rings (SSSR count). The van der Waals surface area contributed by atoms with Gasteiger partial charge in [0.2, 0.25) is 0 Å². The van der Waals surface area contributed by atoms with Crippen molar-refractivity contribution in [2.75, 3.05) is 32.8 Å². The first-order chi connectivity index (χ1) is 11.6. The van der Waals surface area contributed by atoms with E-state index in [4.69, 9.17) is 4.74 Å². The van der Waals surface area contributed by atoms with Crippen LogP contribution in [0.4, 0.5) is 0 Å². The molecule has 1 amide bonds. The van der Waals surface area contributed by atoms with E-state index in [1.807, 2.05) is 16.5 Å². The Balaban J connectivity index is 1.62. The minimum absolute atomic E-state index is 0.0108. The van der Waals surface area contributed by atoms with Crippen molar-refractivity contribution in [1.82, 2.24) is 25.2 Å². The minimum Gasteiger partial charge on any atom is -0.376 e. The molecule has 3 heterocycles. The molecule has 0 spiro atoms. The van der Waals surface area contributed by atoms with Gasteiger partial charge in [0, 0.05) is 19.7 Å². The second-order valence-electron chi connectivity index (χ2n) is 7.34. The molecule has 0 aliphatic carbocycles. The predicted molar refractivity (Wildman–Crippen MR) is 91.0 cm³/mol. The van der Waals surface area contributed by atoms with Crippen molar-refractivity contribution in [3.63, 3.8) is 0 Å². The summed E-state index contributed by atoms with van der Waals surface area (Å²) in [6.45, 7) is 10.4. The van der Waals surface area contributed by atoms with Crippen molar-refractivity contribution < 1.29 is 9.53 Å². The number of carbonyl (C=O) groups is 1. The van der Waals surface area contributed by atoms with E-state index in [0.717, 1.165) is 51.2 Å². The van der Waals surface area contributed by atoms with Crippen LogP contribution in [0.3, 0.4) is 0 Å². The van der Waals surface area contributed by atoms with Gasteiger partial charge in [-0.3, -0.25) is 4.79 Å². The van der Waals surface area contributed by atoms with E-state index in [0.29, 0.717) is 24.2 Å². The Morgan fingerprint density at radius 1 is 1.33 bits per heavy atom. The Kier molecular flexibility index (Phi) is 5.50. The molecule has 1 N–H and O–H groups in total. The molecule has 0 saturated carbocycles. The first-order valence-electron chi connectivity index (χ1n) is 9.09. The van der Waals surface area contributed by atoms with Gasteiger partial charge in [0.15, 0.2) is 5.69 Å². The Hall–Kier alpha value is -1.47. The molecule has 2 saturated heterocycles. The number of rotatable bonds is 5. The highest BCUT2D eigenvalue weighted by Gasteiger charge is 2.31. The number of hydrogen-bond acceptors (Lipinski definition) is 5. The first-order valence-corrected chi connectivity index (χ1v) is 9.09. The van der Waals surface area contributed by atoms with Crippen LogP contribution in [-0.4, -0.2) is 64.7 Å². The summed E-state index contributed by atoms with van der Waals surface area (Å²) in [4.78, 5) is 14.6. The number of nitrogens with one attached hydrogen (secondary N) is 1. The normalized spacial score (nSPS) is 22.5. The van der Waals surface area contributed by atoms with Gasteiger partial charge in [0.05, 0.1) is 17.8 Å². The summed E-state index contributed by atoms with van der Waals surface area (Å²) in [5.74, 6) is 0.505. The maximum Gasteiger partial charge on any atom is 0.276 e. The molecular formula is C17H29N5O2. The molecule has 0 bridgehead atoms. The molecule has 24 heavy (non-hydrogen) atoms. The monoisotopic (exact) mass is 335 g/mol. The number of carbonyl (C=O) groups excluding carboxylic acids is 1. The number of aromatic nitrogens is 3. The highest BCUT2D eigenvalue weighted by molar-refractivity contribution is 5.93. The molecule has 2 aliphatic heterocycles. The van der Waals surface area contributed by atoms with Crippen LogP contribution in [0, 0.1) is 12.8 Å². The van der Waals surface area contributed by atoms with Gasteiger partial charge in [-0.05, 0) is 45.2 Å². The Labute approximate surface area is 143 Å². The molecular weight excluding hydrogens is 306 g/mol. The van der Waals surface area contributed by atoms with Crippen molar-refractivity contribution in [2.24, 2.45) is 5.92 Å². The van der Waals surface area contributed by atoms with Gasteiger partial charge in [-0.15, -0.1) is 5.10 Å². The van der Waals surface area contributed by atoms with Crippen molar-refractivity contribution in [1.29, 1.82) is 0 Å². The maximum absolute atomic E-state index is 12.8. The van der Waals surface area contributed by atoms with Crippen LogP contribution in [-0.2, 0) is 4.74 Å². The third-order valence-electron chi connectivity index (χ3n) is 4.88. The molecule has 7 heteroatoms. The minimum atomic E-state index is -0.0108. The summed E-state index contributed by atoms with van der Waals surface area (Å²) in [6.07, 6.45) is 3.12. The topological polar surface area (TPSA) is 72.3 Å². The Morgan fingerprint density at radius 2 is 2.08 bits per heavy atom. The first kappa shape index (κ1) is 17.4. The number of hydrogen-bond donors (Lipinski definition) is 1. The molecule has 0 aromatic carbocycles. The van der Waals surface area contributed by atoms with E-state index >= 15 is 0 Å². The van der Waals surface area contributed by atoms with Gasteiger partial charge in [0.1, 0.15) is 0 Å². The highest BCUT2D eigenvalue weighted by Crippen LogP contribution is 2.22. The average Bonchev–Trinajstić information content (AvgIpc) is 3.20. The molecule has 1 aromatic rings. The number of piperidine rings is 1. The zero-order valence-electron chi connectivity index (χ0n) is 15.0. The Bertz CT molecular complexity index is 565. The van der Waals surface area contributed by atoms with Crippen molar-refractivity contribution >= 4 is 5.91 Å². The lowest BCUT2D eigenvalue weighted by molar-refractivity contribution is 0.0395. The molecule has 2 fully saturated rings. The van der Waals surface area contributed by atoms with Crippen LogP contribution in [0.5, 0.6) is 0 Å². The second-order valence-corrected chi connectivity index (χ2v) is 7.34. The van der Waals surface area contributed by atoms with Gasteiger partial charge in [-0.25, -0.2) is 4.68 Å². The van der Waals surface area contributed by atoms with Crippen LogP contribution in [0.2, 0.25) is 0 Å². The van der Waals surface area contributed by atoms with Crippen LogP contribution >= 0.6 is 0 Å². The fraction of sp³-hybridized carbons (Fsp3) is 0.824. The molecule has 2 aliphatic rings. The van der Waals surface area contributed by atoms with Gasteiger partial charge in [-0.2, -0.15) is 0 Å². The van der Waals surface area contributed by atoms with E-state index in [-0.39, 0.29) is 12.0 Å². The maximum atomic E-state index is 12.8. The highest BCUT2D eigenvalue weighted by atomic mass is 16.5. The fourth-order valence-electron chi connectivity index (χ4n) is 3.46. The molecule has 1 aromatic heterocycles. The van der Waals surface area contributed by atoms with Gasteiger partial charge in [-0.1, -0.05) is 19.1 Å². The van der Waals surface area contributed by atoms with Crippen molar-refractivity contribution in [3.05, 3.63) is 11.4 Å². The Morgan fingerprint density at radius 3 is 2.79 bits per heavy atom. The number of nitrogens with zero attached hydrogens (tertiary/aromatic N) is 4.